The summed E-state index contributed by atoms with van der Waals surface area (Å²) in [7, 11) is 0. The van der Waals surface area contributed by atoms with Crippen LogP contribution >= 0.6 is 31.9 Å². The molecule has 0 unspecified atom stereocenters. The van der Waals surface area contributed by atoms with E-state index >= 15 is 0 Å². The van der Waals surface area contributed by atoms with Gasteiger partial charge in [-0.2, -0.15) is 0 Å². The first-order valence-electron chi connectivity index (χ1n) is 9.13. The van der Waals surface area contributed by atoms with Crippen LogP contribution in [-0.4, -0.2) is 6.21 Å². The van der Waals surface area contributed by atoms with Crippen LogP contribution in [0.1, 0.15) is 37.5 Å². The SMILES string of the molecule is CC(C)(C)c1ccc(N=Cc2ccc(OCc3ccc(Br)cc3Br)cc2)cc1. The Morgan fingerprint density at radius 3 is 2.18 bits per heavy atom. The fraction of sp³-hybridized carbons (Fsp3) is 0.208. The molecule has 3 rings (SSSR count). The minimum absolute atomic E-state index is 0.157. The summed E-state index contributed by atoms with van der Waals surface area (Å²) in [5.41, 5.74) is 4.56. The fourth-order valence-electron chi connectivity index (χ4n) is 2.65. The number of hydrogen-bond acceptors (Lipinski definition) is 2. The maximum absolute atomic E-state index is 5.89. The third-order valence-corrected chi connectivity index (χ3v) is 5.62. The summed E-state index contributed by atoms with van der Waals surface area (Å²) >= 11 is 7.02. The van der Waals surface area contributed by atoms with Gasteiger partial charge >= 0.3 is 0 Å². The maximum atomic E-state index is 5.89. The van der Waals surface area contributed by atoms with E-state index in [2.05, 4.69) is 81.9 Å². The lowest BCUT2D eigenvalue weighted by Gasteiger charge is -2.18. The minimum Gasteiger partial charge on any atom is -0.489 e. The molecule has 0 amide bonds. The third-order valence-electron chi connectivity index (χ3n) is 4.39. The summed E-state index contributed by atoms with van der Waals surface area (Å²) in [5, 5.41) is 0. The van der Waals surface area contributed by atoms with E-state index in [1.165, 1.54) is 5.56 Å². The summed E-state index contributed by atoms with van der Waals surface area (Å²) < 4.78 is 7.96. The molecule has 2 nitrogen and oxygen atoms in total. The monoisotopic (exact) mass is 499 g/mol. The van der Waals surface area contributed by atoms with Crippen molar-refractivity contribution in [1.82, 2.24) is 0 Å². The molecule has 0 aliphatic heterocycles. The molecule has 0 aliphatic carbocycles. The van der Waals surface area contributed by atoms with Crippen LogP contribution < -0.4 is 4.74 Å². The molecular formula is C24H23Br2NO. The van der Waals surface area contributed by atoms with Gasteiger partial charge in [-0.15, -0.1) is 0 Å². The number of aliphatic imine (C=N–C) groups is 1. The van der Waals surface area contributed by atoms with Gasteiger partial charge in [-0.3, -0.25) is 4.99 Å². The van der Waals surface area contributed by atoms with Crippen molar-refractivity contribution in [2.75, 3.05) is 0 Å². The molecule has 0 N–H and O–H groups in total. The molecule has 0 radical (unpaired) electrons. The van der Waals surface area contributed by atoms with Gasteiger partial charge < -0.3 is 4.74 Å². The van der Waals surface area contributed by atoms with Crippen molar-refractivity contribution in [2.45, 2.75) is 32.8 Å². The first-order valence-corrected chi connectivity index (χ1v) is 10.7. The number of ether oxygens (including phenoxy) is 1. The standard InChI is InChI=1S/C24H23Br2NO/c1-24(2,3)19-7-10-21(11-8-19)27-15-17-4-12-22(13-5-17)28-16-18-6-9-20(25)14-23(18)26/h4-15H,16H2,1-3H3. The average molecular weight is 501 g/mol. The van der Waals surface area contributed by atoms with Gasteiger partial charge in [0.25, 0.3) is 0 Å². The Balaban J connectivity index is 1.60. The van der Waals surface area contributed by atoms with E-state index in [1.54, 1.807) is 0 Å². The van der Waals surface area contributed by atoms with Crippen molar-refractivity contribution in [3.8, 4) is 5.75 Å². The summed E-state index contributed by atoms with van der Waals surface area (Å²) in [4.78, 5) is 4.57. The molecule has 144 valence electrons. The van der Waals surface area contributed by atoms with Crippen LogP contribution in [0.15, 0.2) is 80.7 Å². The average Bonchev–Trinajstić information content (AvgIpc) is 2.66. The van der Waals surface area contributed by atoms with Crippen molar-refractivity contribution < 1.29 is 4.74 Å². The maximum Gasteiger partial charge on any atom is 0.119 e. The number of nitrogens with zero attached hydrogens (tertiary/aromatic N) is 1. The van der Waals surface area contributed by atoms with Crippen molar-refractivity contribution in [2.24, 2.45) is 4.99 Å². The smallest absolute Gasteiger partial charge is 0.119 e. The van der Waals surface area contributed by atoms with Crippen LogP contribution in [-0.2, 0) is 12.0 Å². The highest BCUT2D eigenvalue weighted by atomic mass is 79.9. The first-order chi connectivity index (χ1) is 13.3. The Hall–Kier alpha value is -1.91. The number of rotatable bonds is 5. The van der Waals surface area contributed by atoms with E-state index in [0.29, 0.717) is 6.61 Å². The molecule has 0 spiro atoms. The van der Waals surface area contributed by atoms with Crippen molar-refractivity contribution >= 4 is 43.8 Å². The zero-order valence-corrected chi connectivity index (χ0v) is 19.4. The van der Waals surface area contributed by atoms with Gasteiger partial charge in [0.15, 0.2) is 0 Å². The van der Waals surface area contributed by atoms with Gasteiger partial charge in [-0.25, -0.2) is 0 Å². The summed E-state index contributed by atoms with van der Waals surface area (Å²) in [6, 6.07) is 22.4. The van der Waals surface area contributed by atoms with E-state index in [-0.39, 0.29) is 5.41 Å². The minimum atomic E-state index is 0.157. The Morgan fingerprint density at radius 2 is 1.57 bits per heavy atom. The predicted molar refractivity (Wildman–Crippen MR) is 125 cm³/mol. The fourth-order valence-corrected chi connectivity index (χ4v) is 3.81. The molecule has 0 atom stereocenters. The Kier molecular flexibility index (Phi) is 6.73. The van der Waals surface area contributed by atoms with Crippen LogP contribution in [0.2, 0.25) is 0 Å². The van der Waals surface area contributed by atoms with E-state index in [1.807, 2.05) is 48.7 Å². The van der Waals surface area contributed by atoms with Crippen LogP contribution in [0, 0.1) is 0 Å². The lowest BCUT2D eigenvalue weighted by molar-refractivity contribution is 0.305. The molecule has 0 saturated heterocycles. The molecule has 3 aromatic carbocycles. The highest BCUT2D eigenvalue weighted by molar-refractivity contribution is 9.11. The second kappa shape index (κ2) is 9.06. The topological polar surface area (TPSA) is 21.6 Å². The van der Waals surface area contributed by atoms with Crippen LogP contribution in [0.3, 0.4) is 0 Å². The molecule has 4 heteroatoms. The van der Waals surface area contributed by atoms with Gasteiger partial charge in [0.05, 0.1) is 5.69 Å². The molecule has 0 aliphatic rings. The van der Waals surface area contributed by atoms with Crippen LogP contribution in [0.5, 0.6) is 5.75 Å². The molecule has 0 saturated carbocycles. The lowest BCUT2D eigenvalue weighted by Crippen LogP contribution is -2.10. The quantitative estimate of drug-likeness (QED) is 0.327. The molecule has 0 aromatic heterocycles. The summed E-state index contributed by atoms with van der Waals surface area (Å²) in [6.45, 7) is 7.15. The van der Waals surface area contributed by atoms with Crippen molar-refractivity contribution in [1.29, 1.82) is 0 Å². The zero-order chi connectivity index (χ0) is 20.1. The van der Waals surface area contributed by atoms with E-state index in [0.717, 1.165) is 31.5 Å². The van der Waals surface area contributed by atoms with E-state index in [9.17, 15) is 0 Å². The Bertz CT molecular complexity index is 955. The van der Waals surface area contributed by atoms with E-state index < -0.39 is 0 Å². The van der Waals surface area contributed by atoms with Gasteiger partial charge in [0.1, 0.15) is 12.4 Å². The molecule has 0 fully saturated rings. The molecule has 0 bridgehead atoms. The number of halogens is 2. The second-order valence-corrected chi connectivity index (χ2v) is 9.42. The van der Waals surface area contributed by atoms with Crippen LogP contribution in [0.25, 0.3) is 0 Å². The molecule has 28 heavy (non-hydrogen) atoms. The van der Waals surface area contributed by atoms with Gasteiger partial charge in [0, 0.05) is 20.7 Å². The lowest BCUT2D eigenvalue weighted by atomic mass is 9.87. The number of benzene rings is 3. The largest absolute Gasteiger partial charge is 0.489 e. The van der Waals surface area contributed by atoms with Gasteiger partial charge in [0.2, 0.25) is 0 Å². The highest BCUT2D eigenvalue weighted by Crippen LogP contribution is 2.25. The second-order valence-electron chi connectivity index (χ2n) is 7.65. The van der Waals surface area contributed by atoms with Crippen molar-refractivity contribution in [3.63, 3.8) is 0 Å². The van der Waals surface area contributed by atoms with Crippen LogP contribution in [0.4, 0.5) is 5.69 Å². The summed E-state index contributed by atoms with van der Waals surface area (Å²) in [6.07, 6.45) is 1.88. The summed E-state index contributed by atoms with van der Waals surface area (Å²) in [5.74, 6) is 0.835. The Labute approximate surface area is 183 Å². The first kappa shape index (κ1) is 20.8. The number of hydrogen-bond donors (Lipinski definition) is 0. The Morgan fingerprint density at radius 1 is 0.893 bits per heavy atom. The van der Waals surface area contributed by atoms with Gasteiger partial charge in [-0.05, 0) is 65.1 Å². The molecular weight excluding hydrogens is 478 g/mol. The van der Waals surface area contributed by atoms with Gasteiger partial charge in [-0.1, -0.05) is 70.8 Å². The normalized spacial score (nSPS) is 11.8. The third kappa shape index (κ3) is 5.79. The van der Waals surface area contributed by atoms with Crippen molar-refractivity contribution in [3.05, 3.63) is 92.4 Å². The predicted octanol–water partition coefficient (Wildman–Crippen LogP) is 7.84. The molecule has 3 aromatic rings. The molecule has 0 heterocycles. The van der Waals surface area contributed by atoms with E-state index in [4.69, 9.17) is 4.74 Å². The zero-order valence-electron chi connectivity index (χ0n) is 16.2. The highest BCUT2D eigenvalue weighted by Gasteiger charge is 2.12.